The van der Waals surface area contributed by atoms with E-state index in [9.17, 15) is 19.1 Å². The molecule has 26 heavy (non-hydrogen) atoms. The Morgan fingerprint density at radius 1 is 1.42 bits per heavy atom. The summed E-state index contributed by atoms with van der Waals surface area (Å²) in [7, 11) is 0. The maximum absolute atomic E-state index is 13.1. The number of rotatable bonds is 3. The second-order valence-electron chi connectivity index (χ2n) is 7.37. The third kappa shape index (κ3) is 5.06. The van der Waals surface area contributed by atoms with Gasteiger partial charge in [0, 0.05) is 15.8 Å². The fourth-order valence-electron chi connectivity index (χ4n) is 2.78. The number of benzene rings is 1. The van der Waals surface area contributed by atoms with E-state index in [1.807, 2.05) is 0 Å². The lowest BCUT2D eigenvalue weighted by molar-refractivity contribution is -0.123. The topological polar surface area (TPSA) is 70.1 Å². The maximum Gasteiger partial charge on any atom is 0.411 e. The normalized spacial score (nSPS) is 19.5. The predicted molar refractivity (Wildman–Crippen MR) is 105 cm³/mol. The minimum atomic E-state index is -0.860. The van der Waals surface area contributed by atoms with Gasteiger partial charge in [-0.15, -0.1) is 0 Å². The minimum Gasteiger partial charge on any atom is -0.444 e. The van der Waals surface area contributed by atoms with E-state index >= 15 is 0 Å². The van der Waals surface area contributed by atoms with Crippen molar-refractivity contribution in [3.63, 3.8) is 0 Å². The number of amides is 2. The van der Waals surface area contributed by atoms with E-state index in [0.29, 0.717) is 11.3 Å². The molecule has 2 rings (SSSR count). The van der Waals surface area contributed by atoms with Gasteiger partial charge in [-0.3, -0.25) is 9.69 Å². The van der Waals surface area contributed by atoms with Crippen LogP contribution in [0.2, 0.25) is 0 Å². The van der Waals surface area contributed by atoms with Gasteiger partial charge in [0.05, 0.1) is 12.1 Å². The molecule has 6 nitrogen and oxygen atoms in total. The van der Waals surface area contributed by atoms with E-state index in [2.05, 4.69) is 22.6 Å². The fourth-order valence-corrected chi connectivity index (χ4v) is 3.50. The van der Waals surface area contributed by atoms with Crippen LogP contribution in [0.15, 0.2) is 18.2 Å². The zero-order chi connectivity index (χ0) is 19.6. The first-order chi connectivity index (χ1) is 12.0. The Morgan fingerprint density at radius 2 is 2.08 bits per heavy atom. The molecule has 1 fully saturated rings. The molecule has 1 aliphatic rings. The van der Waals surface area contributed by atoms with Crippen molar-refractivity contribution in [2.24, 2.45) is 0 Å². The molecule has 1 heterocycles. The van der Waals surface area contributed by atoms with Crippen LogP contribution >= 0.6 is 22.6 Å². The molecule has 0 spiro atoms. The molecular formula is C18H24FIN2O4. The van der Waals surface area contributed by atoms with Crippen molar-refractivity contribution in [3.8, 4) is 0 Å². The number of hydrogen-bond donors (Lipinski definition) is 1. The van der Waals surface area contributed by atoms with E-state index in [1.165, 1.54) is 9.80 Å². The van der Waals surface area contributed by atoms with Crippen LogP contribution in [0.4, 0.5) is 14.9 Å². The standard InChI is InChI=1S/C18H24FIN2O4/c1-11(23)15-9-21(14-6-12(8-19)5-13(20)7-14)16(24)10-22(15)17(25)26-18(2,3)4/h5-7,11,15,23H,8-10H2,1-4H3/t11?,15-/m0/s1. The first-order valence-corrected chi connectivity index (χ1v) is 9.43. The van der Waals surface area contributed by atoms with Crippen molar-refractivity contribution in [1.29, 1.82) is 0 Å². The molecule has 1 saturated heterocycles. The van der Waals surface area contributed by atoms with Crippen LogP contribution in [0.3, 0.4) is 0 Å². The van der Waals surface area contributed by atoms with Gasteiger partial charge in [0.15, 0.2) is 0 Å². The lowest BCUT2D eigenvalue weighted by atomic mass is 10.1. The molecule has 144 valence electrons. The van der Waals surface area contributed by atoms with E-state index in [4.69, 9.17) is 4.74 Å². The molecule has 1 unspecified atom stereocenters. The average Bonchev–Trinajstić information content (AvgIpc) is 2.51. The molecule has 0 aliphatic carbocycles. The van der Waals surface area contributed by atoms with E-state index < -0.39 is 30.5 Å². The van der Waals surface area contributed by atoms with Crippen LogP contribution in [0.25, 0.3) is 0 Å². The summed E-state index contributed by atoms with van der Waals surface area (Å²) >= 11 is 2.07. The smallest absolute Gasteiger partial charge is 0.411 e. The van der Waals surface area contributed by atoms with Gasteiger partial charge < -0.3 is 14.7 Å². The summed E-state index contributed by atoms with van der Waals surface area (Å²) < 4.78 is 19.2. The highest BCUT2D eigenvalue weighted by molar-refractivity contribution is 14.1. The monoisotopic (exact) mass is 478 g/mol. The summed E-state index contributed by atoms with van der Waals surface area (Å²) in [5.41, 5.74) is 0.332. The molecule has 8 heteroatoms. The third-order valence-electron chi connectivity index (χ3n) is 3.97. The van der Waals surface area contributed by atoms with Crippen molar-refractivity contribution in [1.82, 2.24) is 4.90 Å². The number of hydrogen-bond acceptors (Lipinski definition) is 4. The number of halogens is 2. The molecule has 1 aromatic carbocycles. The molecule has 0 radical (unpaired) electrons. The van der Waals surface area contributed by atoms with Crippen molar-refractivity contribution in [2.75, 3.05) is 18.0 Å². The van der Waals surface area contributed by atoms with Gasteiger partial charge >= 0.3 is 6.09 Å². The van der Waals surface area contributed by atoms with Gasteiger partial charge in [-0.1, -0.05) is 0 Å². The summed E-state index contributed by atoms with van der Waals surface area (Å²) in [6.45, 7) is 6.07. The van der Waals surface area contributed by atoms with Gasteiger partial charge in [0.2, 0.25) is 5.91 Å². The van der Waals surface area contributed by atoms with Crippen molar-refractivity contribution in [2.45, 2.75) is 52.1 Å². The molecule has 0 aromatic heterocycles. The number of alkyl halides is 1. The molecule has 2 amide bonds. The predicted octanol–water partition coefficient (Wildman–Crippen LogP) is 3.09. The second-order valence-corrected chi connectivity index (χ2v) is 8.62. The van der Waals surface area contributed by atoms with Crippen LogP contribution in [-0.4, -0.2) is 52.8 Å². The highest BCUT2D eigenvalue weighted by Crippen LogP contribution is 2.26. The van der Waals surface area contributed by atoms with Crippen molar-refractivity contribution in [3.05, 3.63) is 27.3 Å². The van der Waals surface area contributed by atoms with Gasteiger partial charge in [0.1, 0.15) is 18.8 Å². The minimum absolute atomic E-state index is 0.113. The molecule has 0 saturated carbocycles. The zero-order valence-corrected chi connectivity index (χ0v) is 17.5. The number of aliphatic hydroxyl groups is 1. The number of ether oxygens (including phenoxy) is 1. The van der Waals surface area contributed by atoms with Crippen LogP contribution in [0.1, 0.15) is 33.3 Å². The van der Waals surface area contributed by atoms with Gasteiger partial charge in [-0.2, -0.15) is 0 Å². The van der Waals surface area contributed by atoms with Crippen molar-refractivity contribution >= 4 is 40.3 Å². The molecule has 1 aromatic rings. The number of aliphatic hydroxyl groups excluding tert-OH is 1. The van der Waals surface area contributed by atoms with Crippen LogP contribution < -0.4 is 4.90 Å². The number of carbonyl (C=O) groups excluding carboxylic acids is 2. The Hall–Kier alpha value is -1.42. The van der Waals surface area contributed by atoms with E-state index in [0.717, 1.165) is 3.57 Å². The van der Waals surface area contributed by atoms with Gasteiger partial charge in [0.25, 0.3) is 0 Å². The Morgan fingerprint density at radius 3 is 2.62 bits per heavy atom. The maximum atomic E-state index is 13.1. The Bertz CT molecular complexity index is 690. The zero-order valence-electron chi connectivity index (χ0n) is 15.3. The Balaban J connectivity index is 2.29. The van der Waals surface area contributed by atoms with Crippen molar-refractivity contribution < 1.29 is 23.8 Å². The number of piperazine rings is 1. The van der Waals surface area contributed by atoms with E-state index in [-0.39, 0.29) is 19.0 Å². The number of anilines is 1. The first kappa shape index (κ1) is 20.9. The lowest BCUT2D eigenvalue weighted by Crippen LogP contribution is -2.62. The quantitative estimate of drug-likeness (QED) is 0.679. The summed E-state index contributed by atoms with van der Waals surface area (Å²) in [5, 5.41) is 10.2. The van der Waals surface area contributed by atoms with Crippen LogP contribution in [0, 0.1) is 3.57 Å². The molecule has 0 bridgehead atoms. The average molecular weight is 478 g/mol. The molecule has 2 atom stereocenters. The molecule has 1 N–H and O–H groups in total. The highest BCUT2D eigenvalue weighted by Gasteiger charge is 2.40. The third-order valence-corrected chi connectivity index (χ3v) is 4.59. The SMILES string of the molecule is CC(O)[C@@H]1CN(c2cc(I)cc(CF)c2)C(=O)CN1C(=O)OC(C)(C)C. The van der Waals surface area contributed by atoms with E-state index in [1.54, 1.807) is 45.9 Å². The molecular weight excluding hydrogens is 454 g/mol. The summed E-state index contributed by atoms with van der Waals surface area (Å²) in [6.07, 6.45) is -1.50. The highest BCUT2D eigenvalue weighted by atomic mass is 127. The number of carbonyl (C=O) groups is 2. The fraction of sp³-hybridized carbons (Fsp3) is 0.556. The van der Waals surface area contributed by atoms with Crippen LogP contribution in [0.5, 0.6) is 0 Å². The first-order valence-electron chi connectivity index (χ1n) is 8.35. The number of nitrogens with zero attached hydrogens (tertiary/aromatic N) is 2. The van der Waals surface area contributed by atoms with Gasteiger partial charge in [-0.05, 0) is 74.0 Å². The van der Waals surface area contributed by atoms with Gasteiger partial charge in [-0.25, -0.2) is 9.18 Å². The summed E-state index contributed by atoms with van der Waals surface area (Å²) in [6, 6.07) is 4.48. The summed E-state index contributed by atoms with van der Waals surface area (Å²) in [5.74, 6) is -0.306. The Kier molecular flexibility index (Phi) is 6.49. The van der Waals surface area contributed by atoms with Crippen LogP contribution in [-0.2, 0) is 16.2 Å². The second kappa shape index (κ2) is 8.08. The molecule has 1 aliphatic heterocycles. The largest absolute Gasteiger partial charge is 0.444 e. The Labute approximate surface area is 166 Å². The lowest BCUT2D eigenvalue weighted by Gasteiger charge is -2.42. The summed E-state index contributed by atoms with van der Waals surface area (Å²) in [4.78, 5) is 27.8.